The van der Waals surface area contributed by atoms with Gasteiger partial charge >= 0.3 is 5.97 Å². The maximum Gasteiger partial charge on any atom is 0.358 e. The molecule has 5 heteroatoms. The first-order chi connectivity index (χ1) is 7.19. The Bertz CT molecular complexity index is 336. The van der Waals surface area contributed by atoms with Crippen LogP contribution in [0.1, 0.15) is 34.2 Å². The summed E-state index contributed by atoms with van der Waals surface area (Å²) in [7, 11) is 0. The van der Waals surface area contributed by atoms with E-state index in [2.05, 4.69) is 10.3 Å². The lowest BCUT2D eigenvalue weighted by molar-refractivity contribution is 0.0519. The summed E-state index contributed by atoms with van der Waals surface area (Å²) >= 11 is 1.53. The Morgan fingerprint density at radius 2 is 2.27 bits per heavy atom. The Labute approximate surface area is 93.7 Å². The highest BCUT2D eigenvalue weighted by molar-refractivity contribution is 7.11. The van der Waals surface area contributed by atoms with Crippen LogP contribution >= 0.6 is 11.3 Å². The molecule has 1 aromatic rings. The van der Waals surface area contributed by atoms with Crippen molar-refractivity contribution in [1.29, 1.82) is 0 Å². The van der Waals surface area contributed by atoms with Crippen LogP contribution in [0.25, 0.3) is 0 Å². The SMILES string of the molecule is CCNCc1nc(C(=O)OCC)c(C)s1. The van der Waals surface area contributed by atoms with Crippen LogP contribution in [0.4, 0.5) is 0 Å². The van der Waals surface area contributed by atoms with Crippen molar-refractivity contribution in [2.24, 2.45) is 0 Å². The molecular formula is C10H16N2O2S. The quantitative estimate of drug-likeness (QED) is 0.780. The van der Waals surface area contributed by atoms with E-state index in [1.54, 1.807) is 6.92 Å². The lowest BCUT2D eigenvalue weighted by Crippen LogP contribution is -2.12. The van der Waals surface area contributed by atoms with Crippen LogP contribution in [-0.4, -0.2) is 24.1 Å². The first-order valence-electron chi connectivity index (χ1n) is 5.03. The van der Waals surface area contributed by atoms with E-state index >= 15 is 0 Å². The Hall–Kier alpha value is -0.940. The van der Waals surface area contributed by atoms with E-state index in [0.29, 0.717) is 18.8 Å². The molecule has 1 heterocycles. The molecule has 1 rings (SSSR count). The second-order valence-electron chi connectivity index (χ2n) is 3.01. The number of nitrogens with one attached hydrogen (secondary N) is 1. The van der Waals surface area contributed by atoms with E-state index in [9.17, 15) is 4.79 Å². The number of hydrogen-bond donors (Lipinski definition) is 1. The second-order valence-corrected chi connectivity index (χ2v) is 4.30. The predicted molar refractivity (Wildman–Crippen MR) is 60.2 cm³/mol. The number of ether oxygens (including phenoxy) is 1. The first-order valence-corrected chi connectivity index (χ1v) is 5.84. The number of nitrogens with zero attached hydrogens (tertiary/aromatic N) is 1. The third kappa shape index (κ3) is 3.28. The molecule has 84 valence electrons. The van der Waals surface area contributed by atoms with Crippen LogP contribution in [0.15, 0.2) is 0 Å². The molecule has 0 unspecified atom stereocenters. The molecule has 0 saturated heterocycles. The van der Waals surface area contributed by atoms with Gasteiger partial charge in [0.2, 0.25) is 0 Å². The maximum absolute atomic E-state index is 11.5. The van der Waals surface area contributed by atoms with E-state index in [0.717, 1.165) is 16.4 Å². The minimum Gasteiger partial charge on any atom is -0.461 e. The summed E-state index contributed by atoms with van der Waals surface area (Å²) in [5.41, 5.74) is 0.453. The van der Waals surface area contributed by atoms with Crippen molar-refractivity contribution in [3.63, 3.8) is 0 Å². The van der Waals surface area contributed by atoms with Crippen molar-refractivity contribution in [2.45, 2.75) is 27.3 Å². The Morgan fingerprint density at radius 3 is 2.87 bits per heavy atom. The Morgan fingerprint density at radius 1 is 1.53 bits per heavy atom. The fraction of sp³-hybridized carbons (Fsp3) is 0.600. The van der Waals surface area contributed by atoms with Crippen LogP contribution in [0.2, 0.25) is 0 Å². The molecule has 0 atom stereocenters. The summed E-state index contributed by atoms with van der Waals surface area (Å²) in [6, 6.07) is 0. The average molecular weight is 228 g/mol. The molecule has 15 heavy (non-hydrogen) atoms. The van der Waals surface area contributed by atoms with Crippen LogP contribution in [0.3, 0.4) is 0 Å². The molecule has 0 aliphatic heterocycles. The Balaban J connectivity index is 2.72. The average Bonchev–Trinajstić information content (AvgIpc) is 2.57. The summed E-state index contributed by atoms with van der Waals surface area (Å²) in [4.78, 5) is 16.6. The van der Waals surface area contributed by atoms with Gasteiger partial charge in [-0.2, -0.15) is 0 Å². The van der Waals surface area contributed by atoms with Crippen LogP contribution in [-0.2, 0) is 11.3 Å². The molecule has 0 fully saturated rings. The van der Waals surface area contributed by atoms with E-state index in [-0.39, 0.29) is 5.97 Å². The lowest BCUT2D eigenvalue weighted by atomic mass is 10.4. The van der Waals surface area contributed by atoms with Crippen molar-refractivity contribution in [2.75, 3.05) is 13.2 Å². The van der Waals surface area contributed by atoms with Gasteiger partial charge in [-0.05, 0) is 20.4 Å². The molecule has 1 aromatic heterocycles. The van der Waals surface area contributed by atoms with Gasteiger partial charge in [-0.15, -0.1) is 11.3 Å². The van der Waals surface area contributed by atoms with Crippen LogP contribution in [0, 0.1) is 6.92 Å². The molecule has 0 amide bonds. The maximum atomic E-state index is 11.5. The normalized spacial score (nSPS) is 10.3. The molecule has 0 bridgehead atoms. The van der Waals surface area contributed by atoms with Crippen LogP contribution in [0.5, 0.6) is 0 Å². The minimum absolute atomic E-state index is 0.325. The number of hydrogen-bond acceptors (Lipinski definition) is 5. The minimum atomic E-state index is -0.325. The predicted octanol–water partition coefficient (Wildman–Crippen LogP) is 1.74. The van der Waals surface area contributed by atoms with Gasteiger partial charge in [-0.25, -0.2) is 9.78 Å². The van der Waals surface area contributed by atoms with Crippen molar-refractivity contribution in [1.82, 2.24) is 10.3 Å². The van der Waals surface area contributed by atoms with E-state index < -0.39 is 0 Å². The summed E-state index contributed by atoms with van der Waals surface area (Å²) in [6.45, 7) is 7.71. The topological polar surface area (TPSA) is 51.2 Å². The largest absolute Gasteiger partial charge is 0.461 e. The molecule has 0 spiro atoms. The third-order valence-electron chi connectivity index (χ3n) is 1.84. The molecular weight excluding hydrogens is 212 g/mol. The number of carbonyl (C=O) groups is 1. The monoisotopic (exact) mass is 228 g/mol. The molecule has 1 N–H and O–H groups in total. The smallest absolute Gasteiger partial charge is 0.358 e. The highest BCUT2D eigenvalue weighted by atomic mass is 32.1. The van der Waals surface area contributed by atoms with Gasteiger partial charge in [0.05, 0.1) is 6.61 Å². The fourth-order valence-corrected chi connectivity index (χ4v) is 2.04. The standard InChI is InChI=1S/C10H16N2O2S/c1-4-11-6-8-12-9(7(3)15-8)10(13)14-5-2/h11H,4-6H2,1-3H3. The zero-order valence-electron chi connectivity index (χ0n) is 9.29. The summed E-state index contributed by atoms with van der Waals surface area (Å²) in [6.07, 6.45) is 0. The van der Waals surface area contributed by atoms with Crippen molar-refractivity contribution in [3.8, 4) is 0 Å². The van der Waals surface area contributed by atoms with Gasteiger partial charge in [0.15, 0.2) is 5.69 Å². The molecule has 0 aliphatic rings. The molecule has 0 aromatic carbocycles. The fourth-order valence-electron chi connectivity index (χ4n) is 1.15. The van der Waals surface area contributed by atoms with Gasteiger partial charge in [0, 0.05) is 11.4 Å². The highest BCUT2D eigenvalue weighted by Gasteiger charge is 2.15. The van der Waals surface area contributed by atoms with Crippen molar-refractivity contribution < 1.29 is 9.53 Å². The van der Waals surface area contributed by atoms with E-state index in [1.165, 1.54) is 11.3 Å². The van der Waals surface area contributed by atoms with Gasteiger partial charge in [-0.1, -0.05) is 6.92 Å². The second kappa shape index (κ2) is 5.82. The Kier molecular flexibility index (Phi) is 4.71. The van der Waals surface area contributed by atoms with Gasteiger partial charge in [-0.3, -0.25) is 0 Å². The summed E-state index contributed by atoms with van der Waals surface area (Å²) in [5, 5.41) is 4.10. The zero-order chi connectivity index (χ0) is 11.3. The summed E-state index contributed by atoms with van der Waals surface area (Å²) < 4.78 is 4.91. The lowest BCUT2D eigenvalue weighted by Gasteiger charge is -1.98. The number of carbonyl (C=O) groups excluding carboxylic acids is 1. The molecule has 0 radical (unpaired) electrons. The number of thiazole rings is 1. The number of esters is 1. The van der Waals surface area contributed by atoms with Crippen LogP contribution < -0.4 is 5.32 Å². The summed E-state index contributed by atoms with van der Waals surface area (Å²) in [5.74, 6) is -0.325. The first kappa shape index (κ1) is 12.1. The molecule has 0 aliphatic carbocycles. The van der Waals surface area contributed by atoms with Crippen molar-refractivity contribution in [3.05, 3.63) is 15.6 Å². The van der Waals surface area contributed by atoms with E-state index in [4.69, 9.17) is 4.74 Å². The van der Waals surface area contributed by atoms with Gasteiger partial charge in [0.1, 0.15) is 5.01 Å². The van der Waals surface area contributed by atoms with E-state index in [1.807, 2.05) is 13.8 Å². The zero-order valence-corrected chi connectivity index (χ0v) is 10.1. The number of aryl methyl sites for hydroxylation is 1. The number of aromatic nitrogens is 1. The van der Waals surface area contributed by atoms with Gasteiger partial charge in [0.25, 0.3) is 0 Å². The number of rotatable bonds is 5. The van der Waals surface area contributed by atoms with Crippen molar-refractivity contribution >= 4 is 17.3 Å². The molecule has 4 nitrogen and oxygen atoms in total. The molecule has 0 saturated carbocycles. The third-order valence-corrected chi connectivity index (χ3v) is 2.81. The highest BCUT2D eigenvalue weighted by Crippen LogP contribution is 2.18. The van der Waals surface area contributed by atoms with Gasteiger partial charge < -0.3 is 10.1 Å².